The summed E-state index contributed by atoms with van der Waals surface area (Å²) in [5, 5.41) is 7.89. The Morgan fingerprint density at radius 3 is 2.59 bits per heavy atom. The highest BCUT2D eigenvalue weighted by atomic mass is 35.5. The Morgan fingerprint density at radius 1 is 1.07 bits per heavy atom. The van der Waals surface area contributed by atoms with Gasteiger partial charge in [0, 0.05) is 30.4 Å². The molecule has 1 amide bonds. The summed E-state index contributed by atoms with van der Waals surface area (Å²) in [7, 11) is 0. The van der Waals surface area contributed by atoms with Crippen LogP contribution in [0.25, 0.3) is 0 Å². The monoisotopic (exact) mass is 383 g/mol. The van der Waals surface area contributed by atoms with Crippen LogP contribution in [0, 0.1) is 0 Å². The minimum absolute atomic E-state index is 0.0172. The van der Waals surface area contributed by atoms with Gasteiger partial charge in [0.25, 0.3) is 0 Å². The van der Waals surface area contributed by atoms with Crippen molar-refractivity contribution < 1.29 is 9.53 Å². The van der Waals surface area contributed by atoms with E-state index < -0.39 is 0 Å². The van der Waals surface area contributed by atoms with Crippen LogP contribution in [0.2, 0.25) is 5.02 Å². The fourth-order valence-corrected chi connectivity index (χ4v) is 2.81. The molecule has 140 valence electrons. The molecular formula is C21H22ClN3O2. The van der Waals surface area contributed by atoms with Crippen molar-refractivity contribution in [3.05, 3.63) is 83.1 Å². The first-order valence-electron chi connectivity index (χ1n) is 8.90. The molecule has 1 heterocycles. The normalized spacial score (nSPS) is 10.6. The summed E-state index contributed by atoms with van der Waals surface area (Å²) in [6.07, 6.45) is 4.77. The van der Waals surface area contributed by atoms with Crippen molar-refractivity contribution in [2.45, 2.75) is 25.9 Å². The van der Waals surface area contributed by atoms with Gasteiger partial charge < -0.3 is 10.1 Å². The zero-order valence-electron chi connectivity index (χ0n) is 15.0. The highest BCUT2D eigenvalue weighted by Crippen LogP contribution is 2.15. The molecule has 0 saturated heterocycles. The number of benzene rings is 2. The number of nitrogens with zero attached hydrogens (tertiary/aromatic N) is 2. The fourth-order valence-electron chi connectivity index (χ4n) is 2.69. The van der Waals surface area contributed by atoms with Gasteiger partial charge in [-0.3, -0.25) is 9.48 Å². The summed E-state index contributed by atoms with van der Waals surface area (Å²) in [5.41, 5.74) is 2.24. The Bertz CT molecular complexity index is 848. The first-order valence-corrected chi connectivity index (χ1v) is 9.28. The van der Waals surface area contributed by atoms with Gasteiger partial charge in [0.05, 0.1) is 13.2 Å². The van der Waals surface area contributed by atoms with Crippen LogP contribution < -0.4 is 10.1 Å². The number of nitrogens with one attached hydrogen (secondary N) is 1. The molecule has 1 N–H and O–H groups in total. The molecular weight excluding hydrogens is 362 g/mol. The van der Waals surface area contributed by atoms with Crippen molar-refractivity contribution in [2.24, 2.45) is 0 Å². The van der Waals surface area contributed by atoms with E-state index in [0.29, 0.717) is 37.6 Å². The van der Waals surface area contributed by atoms with Gasteiger partial charge in [-0.25, -0.2) is 0 Å². The zero-order valence-corrected chi connectivity index (χ0v) is 15.7. The number of carbonyl (C=O) groups excluding carboxylic acids is 1. The van der Waals surface area contributed by atoms with E-state index in [4.69, 9.17) is 16.3 Å². The first kappa shape index (κ1) is 19.0. The van der Waals surface area contributed by atoms with Gasteiger partial charge in [-0.05, 0) is 47.9 Å². The number of carbonyl (C=O) groups is 1. The van der Waals surface area contributed by atoms with Crippen LogP contribution in [0.15, 0.2) is 67.0 Å². The summed E-state index contributed by atoms with van der Waals surface area (Å²) in [6.45, 7) is 1.69. The van der Waals surface area contributed by atoms with E-state index in [0.717, 1.165) is 16.9 Å². The lowest BCUT2D eigenvalue weighted by molar-refractivity contribution is -0.121. The molecule has 0 aliphatic heterocycles. The third-order valence-corrected chi connectivity index (χ3v) is 4.37. The minimum Gasteiger partial charge on any atom is -0.494 e. The molecule has 27 heavy (non-hydrogen) atoms. The lowest BCUT2D eigenvalue weighted by Crippen LogP contribution is -2.23. The zero-order chi connectivity index (χ0) is 18.9. The molecule has 0 atom stereocenters. The number of aromatic nitrogens is 2. The Labute approximate surface area is 163 Å². The summed E-state index contributed by atoms with van der Waals surface area (Å²) >= 11 is 5.84. The molecule has 0 bridgehead atoms. The smallest absolute Gasteiger partial charge is 0.220 e. The maximum absolute atomic E-state index is 12.1. The summed E-state index contributed by atoms with van der Waals surface area (Å²) < 4.78 is 7.47. The van der Waals surface area contributed by atoms with E-state index in [1.807, 2.05) is 47.3 Å². The van der Waals surface area contributed by atoms with Crippen molar-refractivity contribution >= 4 is 17.5 Å². The molecule has 0 aliphatic rings. The van der Waals surface area contributed by atoms with Crippen molar-refractivity contribution in [1.29, 1.82) is 0 Å². The Balaban J connectivity index is 1.41. The van der Waals surface area contributed by atoms with Gasteiger partial charge >= 0.3 is 0 Å². The Hall–Kier alpha value is -2.79. The lowest BCUT2D eigenvalue weighted by atomic mass is 10.1. The van der Waals surface area contributed by atoms with E-state index in [9.17, 15) is 4.79 Å². The largest absolute Gasteiger partial charge is 0.494 e. The quantitative estimate of drug-likeness (QED) is 0.567. The molecule has 6 heteroatoms. The topological polar surface area (TPSA) is 56.1 Å². The maximum Gasteiger partial charge on any atom is 0.220 e. The Kier molecular flexibility index (Phi) is 6.88. The van der Waals surface area contributed by atoms with E-state index in [1.54, 1.807) is 18.3 Å². The van der Waals surface area contributed by atoms with Crippen LogP contribution in [-0.2, 0) is 17.9 Å². The van der Waals surface area contributed by atoms with E-state index in [-0.39, 0.29) is 5.91 Å². The van der Waals surface area contributed by atoms with Crippen LogP contribution in [0.1, 0.15) is 24.0 Å². The van der Waals surface area contributed by atoms with Crippen molar-refractivity contribution in [2.75, 3.05) is 6.61 Å². The van der Waals surface area contributed by atoms with Crippen LogP contribution in [0.5, 0.6) is 5.75 Å². The second-order valence-corrected chi connectivity index (χ2v) is 6.59. The van der Waals surface area contributed by atoms with Gasteiger partial charge in [0.15, 0.2) is 0 Å². The van der Waals surface area contributed by atoms with E-state index in [1.165, 1.54) is 0 Å². The van der Waals surface area contributed by atoms with Crippen molar-refractivity contribution in [3.63, 3.8) is 0 Å². The average molecular weight is 384 g/mol. The van der Waals surface area contributed by atoms with Gasteiger partial charge in [-0.2, -0.15) is 5.10 Å². The molecule has 0 unspecified atom stereocenters. The predicted octanol–water partition coefficient (Wildman–Crippen LogP) is 4.06. The Morgan fingerprint density at radius 2 is 1.85 bits per heavy atom. The molecule has 2 aromatic carbocycles. The molecule has 5 nitrogen and oxygen atoms in total. The van der Waals surface area contributed by atoms with E-state index in [2.05, 4.69) is 16.5 Å². The maximum atomic E-state index is 12.1. The van der Waals surface area contributed by atoms with Crippen LogP contribution in [0.3, 0.4) is 0 Å². The first-order chi connectivity index (χ1) is 13.2. The molecule has 1 aromatic heterocycles. The van der Waals surface area contributed by atoms with Crippen LogP contribution in [-0.4, -0.2) is 22.3 Å². The molecule has 0 radical (unpaired) electrons. The number of ether oxygens (including phenoxy) is 1. The molecule has 0 fully saturated rings. The van der Waals surface area contributed by atoms with Gasteiger partial charge in [0.2, 0.25) is 5.91 Å². The average Bonchev–Trinajstić information content (AvgIpc) is 3.19. The third kappa shape index (κ3) is 6.15. The number of halogens is 1. The third-order valence-electron chi connectivity index (χ3n) is 4.12. The standard InChI is InChI=1S/C21H22ClN3O2/c22-19-8-10-20(11-9-19)27-14-3-7-21(26)23-15-17-5-1-2-6-18(17)16-25-13-4-12-24-25/h1-2,4-6,8-13H,3,7,14-16H2,(H,23,26). The van der Waals surface area contributed by atoms with Gasteiger partial charge in [-0.15, -0.1) is 0 Å². The summed E-state index contributed by atoms with van der Waals surface area (Å²) in [6, 6.07) is 17.2. The minimum atomic E-state index is 0.0172. The van der Waals surface area contributed by atoms with E-state index >= 15 is 0 Å². The molecule has 0 saturated carbocycles. The van der Waals surface area contributed by atoms with Crippen molar-refractivity contribution in [1.82, 2.24) is 15.1 Å². The van der Waals surface area contributed by atoms with Crippen molar-refractivity contribution in [3.8, 4) is 5.75 Å². The number of amides is 1. The summed E-state index contributed by atoms with van der Waals surface area (Å²) in [4.78, 5) is 12.1. The highest BCUT2D eigenvalue weighted by Gasteiger charge is 2.06. The predicted molar refractivity (Wildman–Crippen MR) is 106 cm³/mol. The lowest BCUT2D eigenvalue weighted by Gasteiger charge is -2.11. The molecule has 3 rings (SSSR count). The SMILES string of the molecule is O=C(CCCOc1ccc(Cl)cc1)NCc1ccccc1Cn1cccn1. The van der Waals surface area contributed by atoms with Gasteiger partial charge in [-0.1, -0.05) is 35.9 Å². The fraction of sp³-hybridized carbons (Fsp3) is 0.238. The number of rotatable bonds is 9. The summed E-state index contributed by atoms with van der Waals surface area (Å²) in [5.74, 6) is 0.774. The van der Waals surface area contributed by atoms with Crippen LogP contribution in [0.4, 0.5) is 0 Å². The second-order valence-electron chi connectivity index (χ2n) is 6.16. The van der Waals surface area contributed by atoms with Crippen LogP contribution >= 0.6 is 11.6 Å². The van der Waals surface area contributed by atoms with Gasteiger partial charge in [0.1, 0.15) is 5.75 Å². The molecule has 3 aromatic rings. The molecule has 0 spiro atoms. The number of hydrogen-bond donors (Lipinski definition) is 1. The second kappa shape index (κ2) is 9.78. The molecule has 0 aliphatic carbocycles. The number of hydrogen-bond acceptors (Lipinski definition) is 3. The highest BCUT2D eigenvalue weighted by molar-refractivity contribution is 6.30.